The van der Waals surface area contributed by atoms with Crippen LogP contribution in [0, 0.1) is 44.3 Å². The fraction of sp³-hybridized carbons (Fsp3) is 0.896. The maximum Gasteiger partial charge on any atom is 0.397 e. The van der Waals surface area contributed by atoms with Crippen LogP contribution in [0.15, 0.2) is 23.3 Å². The molecular formula is C48H76O23S. The van der Waals surface area contributed by atoms with Gasteiger partial charge in [0, 0.05) is 17.4 Å². The summed E-state index contributed by atoms with van der Waals surface area (Å²) < 4.78 is 73.9. The summed E-state index contributed by atoms with van der Waals surface area (Å²) in [5, 5.41) is 132. The van der Waals surface area contributed by atoms with E-state index in [0.29, 0.717) is 44.1 Å². The number of allylic oxidation sites excluding steroid dienone is 3. The van der Waals surface area contributed by atoms with Crippen molar-refractivity contribution < 1.29 is 112 Å². The first kappa shape index (κ1) is 56.3. The summed E-state index contributed by atoms with van der Waals surface area (Å²) in [5.41, 5.74) is -3.27. The first-order valence-electron chi connectivity index (χ1n) is 25.0. The summed E-state index contributed by atoms with van der Waals surface area (Å²) in [5.74, 6) is -1.48. The molecule has 3 aliphatic heterocycles. The maximum absolute atomic E-state index is 13.2. The molecule has 3 saturated carbocycles. The lowest BCUT2D eigenvalue weighted by Gasteiger charge is -2.70. The molecule has 0 aromatic heterocycles. The molecule has 0 aromatic rings. The average Bonchev–Trinajstić information content (AvgIpc) is 3.32. The Hall–Kier alpha value is -1.86. The summed E-state index contributed by atoms with van der Waals surface area (Å²) in [7, 11) is -5.25. The molecule has 13 N–H and O–H groups in total. The van der Waals surface area contributed by atoms with E-state index in [-0.39, 0.29) is 31.3 Å². The summed E-state index contributed by atoms with van der Waals surface area (Å²) in [4.78, 5) is 13.2. The van der Waals surface area contributed by atoms with Crippen molar-refractivity contribution in [2.45, 2.75) is 197 Å². The molecule has 3 saturated heterocycles. The first-order valence-corrected chi connectivity index (χ1v) is 26.3. The normalized spacial score (nSPS) is 52.7. The third-order valence-corrected chi connectivity index (χ3v) is 19.8. The molecule has 6 fully saturated rings. The van der Waals surface area contributed by atoms with Gasteiger partial charge in [0.2, 0.25) is 0 Å². The highest BCUT2D eigenvalue weighted by Gasteiger charge is 2.70. The summed E-state index contributed by atoms with van der Waals surface area (Å²) in [6, 6.07) is 0. The molecule has 24 heteroatoms. The van der Waals surface area contributed by atoms with Crippen LogP contribution in [0.4, 0.5) is 0 Å². The Morgan fingerprint density at radius 3 is 1.93 bits per heavy atom. The van der Waals surface area contributed by atoms with Crippen LogP contribution in [0.2, 0.25) is 0 Å². The SMILES string of the molecule is C[C@H]1O[C@@H](O[C@H]2CC[C@@]3(C)[C@@H](CC[C@]4(C)[C@@H]3C=CC3=C5C[C@](C)(CO)CC[C@]5(C(=O)O)[C@H](O)C[C@]34C)[C@]2(C)CO)[C@H](O[C@@H]2O[C@H](CO)[C@@H](O)[C@H](O)[C@H]2O)[C@@H](O[C@@H]2O[C@H](CO)[C@@H](OS(=O)(=O)O)[C@H](O)[C@H]2O)[C@H]1O. The van der Waals surface area contributed by atoms with Gasteiger partial charge in [-0.3, -0.25) is 9.35 Å². The zero-order chi connectivity index (χ0) is 53.1. The van der Waals surface area contributed by atoms with Crippen LogP contribution in [0.3, 0.4) is 0 Å². The Bertz CT molecular complexity index is 2180. The third kappa shape index (κ3) is 8.87. The Morgan fingerprint density at radius 1 is 0.708 bits per heavy atom. The zero-order valence-corrected chi connectivity index (χ0v) is 42.2. The van der Waals surface area contributed by atoms with Crippen LogP contribution in [0.5, 0.6) is 0 Å². The van der Waals surface area contributed by atoms with Gasteiger partial charge in [0.25, 0.3) is 0 Å². The molecule has 25 atom stereocenters. The predicted octanol–water partition coefficient (Wildman–Crippen LogP) is -1.60. The van der Waals surface area contributed by atoms with Gasteiger partial charge in [-0.15, -0.1) is 0 Å². The molecule has 412 valence electrons. The summed E-state index contributed by atoms with van der Waals surface area (Å²) in [6.45, 7) is 9.40. The van der Waals surface area contributed by atoms with Gasteiger partial charge in [-0.1, -0.05) is 46.8 Å². The quantitative estimate of drug-likeness (QED) is 0.0729. The molecular weight excluding hydrogens is 977 g/mol. The number of aliphatic carboxylic acids is 1. The van der Waals surface area contributed by atoms with Crippen LogP contribution in [0.1, 0.15) is 92.9 Å². The van der Waals surface area contributed by atoms with Gasteiger partial charge in [0.1, 0.15) is 72.6 Å². The van der Waals surface area contributed by atoms with E-state index in [1.165, 1.54) is 6.92 Å². The topological polar surface area (TPSA) is 379 Å². The van der Waals surface area contributed by atoms with E-state index in [9.17, 15) is 79.0 Å². The maximum atomic E-state index is 13.2. The lowest BCUT2D eigenvalue weighted by Crippen LogP contribution is -2.68. The number of hydrogen-bond acceptors (Lipinski definition) is 21. The van der Waals surface area contributed by atoms with E-state index < -0.39 is 173 Å². The summed E-state index contributed by atoms with van der Waals surface area (Å²) >= 11 is 0. The second-order valence-corrected chi connectivity index (χ2v) is 24.4. The molecule has 23 nitrogen and oxygen atoms in total. The number of hydrogen-bond donors (Lipinski definition) is 13. The highest BCUT2D eigenvalue weighted by atomic mass is 32.3. The molecule has 0 radical (unpaired) electrons. The van der Waals surface area contributed by atoms with Crippen LogP contribution >= 0.6 is 0 Å². The van der Waals surface area contributed by atoms with Gasteiger partial charge in [0.15, 0.2) is 18.9 Å². The molecule has 8 rings (SSSR count). The van der Waals surface area contributed by atoms with E-state index in [1.807, 2.05) is 19.9 Å². The second-order valence-electron chi connectivity index (χ2n) is 23.3. The van der Waals surface area contributed by atoms with Crippen molar-refractivity contribution in [1.29, 1.82) is 0 Å². The zero-order valence-electron chi connectivity index (χ0n) is 41.4. The molecule has 72 heavy (non-hydrogen) atoms. The second kappa shape index (κ2) is 19.9. The lowest BCUT2D eigenvalue weighted by atomic mass is 9.35. The number of carbonyl (C=O) groups is 1. The largest absolute Gasteiger partial charge is 0.481 e. The molecule has 0 unspecified atom stereocenters. The minimum absolute atomic E-state index is 0.135. The number of ether oxygens (including phenoxy) is 6. The van der Waals surface area contributed by atoms with E-state index in [1.54, 1.807) is 0 Å². The monoisotopic (exact) mass is 1050 g/mol. The van der Waals surface area contributed by atoms with Crippen molar-refractivity contribution in [3.8, 4) is 0 Å². The van der Waals surface area contributed by atoms with Crippen molar-refractivity contribution in [2.24, 2.45) is 44.3 Å². The number of fused-ring (bicyclic) bond motifs is 6. The fourth-order valence-corrected chi connectivity index (χ4v) is 15.3. The van der Waals surface area contributed by atoms with Gasteiger partial charge in [-0.05, 0) is 97.5 Å². The first-order chi connectivity index (χ1) is 33.5. The van der Waals surface area contributed by atoms with Crippen LogP contribution in [0.25, 0.3) is 0 Å². The van der Waals surface area contributed by atoms with Gasteiger partial charge < -0.3 is 89.7 Å². The van der Waals surface area contributed by atoms with E-state index in [2.05, 4.69) is 31.0 Å². The summed E-state index contributed by atoms with van der Waals surface area (Å²) in [6.07, 6.45) is -21.9. The van der Waals surface area contributed by atoms with E-state index in [0.717, 1.165) is 5.57 Å². The lowest BCUT2D eigenvalue weighted by molar-refractivity contribution is -0.397. The standard InChI is InChI=1S/C48H76O23S/c1-21-30(54)37(69-40-35(59)33(57)36(25(18-50)67-40)71-72(62,63)64)38(70-39-34(58)32(56)31(55)24(17-49)66-39)41(65-21)68-29-10-11-44(3)26(45(29,4)20-52)9-12-46(5)27(44)8-7-22-23-15-43(2,19-51)13-14-48(23,42(60)61)28(53)16-47(22,46)6/h7-8,21,24-41,49-59H,9-20H2,1-6H3,(H,60,61)(H,62,63,64)/t21-,24-,25-,26-,27-,28-,29+,30+,31-,32+,33-,34-,35-,36-,37+,38-,39+,40+,41+,43-,44+,45+,46-,47-,48-/m1/s1. The molecule has 3 heterocycles. The van der Waals surface area contributed by atoms with Crippen LogP contribution in [-0.2, 0) is 47.8 Å². The van der Waals surface area contributed by atoms with Crippen molar-refractivity contribution in [1.82, 2.24) is 0 Å². The van der Waals surface area contributed by atoms with Crippen molar-refractivity contribution in [2.75, 3.05) is 26.4 Å². The highest BCUT2D eigenvalue weighted by Crippen LogP contribution is 2.74. The predicted molar refractivity (Wildman–Crippen MR) is 244 cm³/mol. The van der Waals surface area contributed by atoms with Crippen LogP contribution < -0.4 is 0 Å². The van der Waals surface area contributed by atoms with Gasteiger partial charge in [-0.2, -0.15) is 8.42 Å². The molecule has 5 aliphatic carbocycles. The number of aliphatic hydroxyl groups is 11. The molecule has 0 spiro atoms. The Kier molecular flexibility index (Phi) is 15.5. The van der Waals surface area contributed by atoms with Gasteiger partial charge >= 0.3 is 16.4 Å². The number of carboxylic acids is 1. The molecule has 0 amide bonds. The van der Waals surface area contributed by atoms with Gasteiger partial charge in [-0.25, -0.2) is 4.18 Å². The van der Waals surface area contributed by atoms with Crippen molar-refractivity contribution >= 4 is 16.4 Å². The Balaban J connectivity index is 1.12. The Labute approximate surface area is 418 Å². The Morgan fingerprint density at radius 2 is 1.33 bits per heavy atom. The van der Waals surface area contributed by atoms with Crippen LogP contribution in [-0.4, -0.2) is 211 Å². The van der Waals surface area contributed by atoms with E-state index in [4.69, 9.17) is 28.4 Å². The van der Waals surface area contributed by atoms with E-state index >= 15 is 0 Å². The molecule has 0 aromatic carbocycles. The minimum atomic E-state index is -5.25. The van der Waals surface area contributed by atoms with Gasteiger partial charge in [0.05, 0.1) is 38.1 Å². The molecule has 8 aliphatic rings. The average molecular weight is 1050 g/mol. The number of carboxylic acid groups (broad SMARTS) is 1. The number of rotatable bonds is 13. The molecule has 0 bridgehead atoms. The minimum Gasteiger partial charge on any atom is -0.481 e. The number of aliphatic hydroxyl groups excluding tert-OH is 11. The van der Waals surface area contributed by atoms with Crippen molar-refractivity contribution in [3.05, 3.63) is 23.3 Å². The van der Waals surface area contributed by atoms with Crippen molar-refractivity contribution in [3.63, 3.8) is 0 Å². The highest BCUT2D eigenvalue weighted by molar-refractivity contribution is 7.80. The third-order valence-electron chi connectivity index (χ3n) is 19.3. The fourth-order valence-electron chi connectivity index (χ4n) is 14.8. The smallest absolute Gasteiger partial charge is 0.397 e.